The maximum Gasteiger partial charge on any atom is 0.0820 e. The summed E-state index contributed by atoms with van der Waals surface area (Å²) in [5.41, 5.74) is 20.3. The van der Waals surface area contributed by atoms with Crippen molar-refractivity contribution in [1.29, 1.82) is 0 Å². The Hall–Kier alpha value is -5.00. The lowest BCUT2D eigenvalue weighted by Gasteiger charge is -2.43. The van der Waals surface area contributed by atoms with Crippen LogP contribution in [0.3, 0.4) is 0 Å². The molecule has 2 heterocycles. The number of benzene rings is 5. The number of aliphatic imine (C=N–C) groups is 1. The quantitative estimate of drug-likeness (QED) is 0.185. The van der Waals surface area contributed by atoms with E-state index in [1.165, 1.54) is 58.8 Å². The summed E-state index contributed by atoms with van der Waals surface area (Å²) in [6.07, 6.45) is 17.2. The second kappa shape index (κ2) is 12.3. The minimum atomic E-state index is -0.229. The summed E-state index contributed by atoms with van der Waals surface area (Å²) in [4.78, 5) is 9.24. The first-order valence-electron chi connectivity index (χ1n) is 18.2. The van der Waals surface area contributed by atoms with Gasteiger partial charge in [0.1, 0.15) is 0 Å². The van der Waals surface area contributed by atoms with E-state index in [0.717, 1.165) is 33.7 Å². The Labute approximate surface area is 313 Å². The molecule has 252 valence electrons. The van der Waals surface area contributed by atoms with Crippen molar-refractivity contribution in [1.82, 2.24) is 0 Å². The molecule has 0 amide bonds. The van der Waals surface area contributed by atoms with E-state index < -0.39 is 0 Å². The highest BCUT2D eigenvalue weighted by Gasteiger charge is 2.42. The van der Waals surface area contributed by atoms with Crippen molar-refractivity contribution in [2.24, 2.45) is 10.7 Å². The number of thioether (sulfide) groups is 1. The van der Waals surface area contributed by atoms with Gasteiger partial charge in [-0.1, -0.05) is 147 Å². The normalized spacial score (nSPS) is 23.3. The summed E-state index contributed by atoms with van der Waals surface area (Å²) in [5.74, 6) is 0.716. The zero-order chi connectivity index (χ0) is 35.0. The number of hydrogen-bond donors (Lipinski definition) is 1. The van der Waals surface area contributed by atoms with Crippen molar-refractivity contribution in [3.63, 3.8) is 0 Å². The molecule has 6 aromatic rings. The Morgan fingerprint density at radius 3 is 2.56 bits per heavy atom. The topological polar surface area (TPSA) is 38.4 Å². The number of hydrogen-bond acceptors (Lipinski definition) is 4. The van der Waals surface area contributed by atoms with Gasteiger partial charge in [0.2, 0.25) is 0 Å². The van der Waals surface area contributed by atoms with Gasteiger partial charge in [0.25, 0.3) is 0 Å². The van der Waals surface area contributed by atoms with Gasteiger partial charge in [-0.05, 0) is 81.1 Å². The Morgan fingerprint density at radius 1 is 0.865 bits per heavy atom. The summed E-state index contributed by atoms with van der Waals surface area (Å²) < 4.78 is 1.35. The van der Waals surface area contributed by atoms with Gasteiger partial charge < -0.3 is 5.73 Å². The minimum absolute atomic E-state index is 0.159. The van der Waals surface area contributed by atoms with Crippen LogP contribution in [0, 0.1) is 0 Å². The largest absolute Gasteiger partial charge is 0.320 e. The van der Waals surface area contributed by atoms with Gasteiger partial charge >= 0.3 is 0 Å². The molecule has 4 unspecified atom stereocenters. The fourth-order valence-electron chi connectivity index (χ4n) is 8.91. The minimum Gasteiger partial charge on any atom is -0.320 e. The molecule has 5 aromatic carbocycles. The Kier molecular flexibility index (Phi) is 7.51. The van der Waals surface area contributed by atoms with Gasteiger partial charge in [-0.15, -0.1) is 11.3 Å². The number of nitrogens with zero attached hydrogens (tertiary/aromatic N) is 1. The molecule has 10 rings (SSSR count). The lowest BCUT2D eigenvalue weighted by Crippen LogP contribution is -2.33. The SMILES string of the molecule is CC1CC=Cc2c1sc1cccc(-c3cc(C=N/C(=C4/Sc5ccccc5C4N)c4ccccc4)c4c(c3)C3C=CC=CC3(C)c3ccccc3-4)c21. The van der Waals surface area contributed by atoms with E-state index in [-0.39, 0.29) is 17.4 Å². The summed E-state index contributed by atoms with van der Waals surface area (Å²) in [6, 6.07) is 39.5. The van der Waals surface area contributed by atoms with Crippen molar-refractivity contribution < 1.29 is 0 Å². The molecule has 0 bridgehead atoms. The standard InChI is InChI=1S/C48H38N2S2/c1-29-14-12-20-36-43-33(19-13-24-41(43)52-46(29)36)31-26-32(42-34-17-6-8-21-38(34)48(2)25-11-10-22-39(48)37(42)27-31)28-50-45(30-15-4-3-5-16-30)47-44(49)35-18-7-9-23-40(35)51-47/h3-13,15-29,39,44H,14,49H2,1-2H3/b47-45+,50-28?. The first kappa shape index (κ1) is 31.7. The van der Waals surface area contributed by atoms with Crippen molar-refractivity contribution >= 4 is 51.2 Å². The van der Waals surface area contributed by atoms with Gasteiger partial charge in [0.15, 0.2) is 0 Å². The van der Waals surface area contributed by atoms with Crippen molar-refractivity contribution in [2.45, 2.75) is 48.5 Å². The van der Waals surface area contributed by atoms with E-state index in [2.05, 4.69) is 166 Å². The zero-order valence-corrected chi connectivity index (χ0v) is 30.8. The molecule has 4 heteroatoms. The van der Waals surface area contributed by atoms with Crippen LogP contribution in [-0.2, 0) is 5.41 Å². The van der Waals surface area contributed by atoms with Crippen LogP contribution in [0.25, 0.3) is 44.1 Å². The summed E-state index contributed by atoms with van der Waals surface area (Å²) >= 11 is 3.71. The van der Waals surface area contributed by atoms with E-state index in [0.29, 0.717) is 5.92 Å². The molecule has 0 spiro atoms. The molecule has 2 N–H and O–H groups in total. The fraction of sp³-hybridized carbons (Fsp3) is 0.146. The van der Waals surface area contributed by atoms with Crippen LogP contribution < -0.4 is 5.73 Å². The van der Waals surface area contributed by atoms with Crippen LogP contribution in [0.4, 0.5) is 0 Å². The van der Waals surface area contributed by atoms with E-state index in [9.17, 15) is 0 Å². The predicted molar refractivity (Wildman–Crippen MR) is 223 cm³/mol. The van der Waals surface area contributed by atoms with Crippen LogP contribution >= 0.6 is 23.1 Å². The molecular formula is C48H38N2S2. The molecule has 4 aliphatic rings. The number of fused-ring (bicyclic) bond motifs is 10. The number of thiophene rings is 1. The van der Waals surface area contributed by atoms with Crippen LogP contribution in [0.5, 0.6) is 0 Å². The van der Waals surface area contributed by atoms with Crippen LogP contribution in [-0.4, -0.2) is 6.21 Å². The maximum absolute atomic E-state index is 7.00. The third-order valence-corrected chi connectivity index (χ3v) is 14.2. The second-order valence-corrected chi connectivity index (χ2v) is 16.8. The van der Waals surface area contributed by atoms with Gasteiger partial charge in [-0.3, -0.25) is 4.99 Å². The predicted octanol–water partition coefficient (Wildman–Crippen LogP) is 12.8. The van der Waals surface area contributed by atoms with Crippen LogP contribution in [0.1, 0.15) is 76.4 Å². The summed E-state index contributed by atoms with van der Waals surface area (Å²) in [7, 11) is 0. The molecule has 1 aromatic heterocycles. The summed E-state index contributed by atoms with van der Waals surface area (Å²) in [5, 5.41) is 1.37. The van der Waals surface area contributed by atoms with E-state index in [4.69, 9.17) is 10.7 Å². The van der Waals surface area contributed by atoms with Gasteiger partial charge in [0.05, 0.1) is 11.7 Å². The summed E-state index contributed by atoms with van der Waals surface area (Å²) in [6.45, 7) is 4.76. The van der Waals surface area contributed by atoms with Crippen LogP contribution in [0.15, 0.2) is 154 Å². The van der Waals surface area contributed by atoms with Crippen LogP contribution in [0.2, 0.25) is 0 Å². The van der Waals surface area contributed by atoms with Crippen molar-refractivity contribution in [3.8, 4) is 22.3 Å². The highest BCUT2D eigenvalue weighted by Crippen LogP contribution is 2.56. The van der Waals surface area contributed by atoms with E-state index in [1.807, 2.05) is 11.3 Å². The Bertz CT molecular complexity index is 2580. The number of allylic oxidation sites excluding steroid dienone is 5. The average Bonchev–Trinajstić information content (AvgIpc) is 3.73. The Balaban J connectivity index is 1.24. The third kappa shape index (κ3) is 4.85. The molecule has 0 radical (unpaired) electrons. The second-order valence-electron chi connectivity index (χ2n) is 14.6. The van der Waals surface area contributed by atoms with Gasteiger partial charge in [-0.2, -0.15) is 0 Å². The van der Waals surface area contributed by atoms with Crippen molar-refractivity contribution in [3.05, 3.63) is 183 Å². The molecule has 0 fully saturated rings. The number of rotatable bonds is 4. The molecule has 52 heavy (non-hydrogen) atoms. The first-order valence-corrected chi connectivity index (χ1v) is 19.8. The van der Waals surface area contributed by atoms with E-state index >= 15 is 0 Å². The molecule has 4 atom stereocenters. The monoisotopic (exact) mass is 706 g/mol. The highest BCUT2D eigenvalue weighted by molar-refractivity contribution is 8.03. The molecule has 0 saturated carbocycles. The maximum atomic E-state index is 7.00. The van der Waals surface area contributed by atoms with E-state index in [1.54, 1.807) is 11.8 Å². The smallest absolute Gasteiger partial charge is 0.0820 e. The third-order valence-electron chi connectivity index (χ3n) is 11.5. The molecule has 0 saturated heterocycles. The Morgan fingerprint density at radius 2 is 1.67 bits per heavy atom. The zero-order valence-electron chi connectivity index (χ0n) is 29.2. The lowest BCUT2D eigenvalue weighted by atomic mass is 9.60. The lowest BCUT2D eigenvalue weighted by molar-refractivity contribution is 0.519. The molecule has 2 nitrogen and oxygen atoms in total. The van der Waals surface area contributed by atoms with Crippen molar-refractivity contribution in [2.75, 3.05) is 0 Å². The first-order chi connectivity index (χ1) is 25.5. The highest BCUT2D eigenvalue weighted by atomic mass is 32.2. The van der Waals surface area contributed by atoms with Gasteiger partial charge in [-0.25, -0.2) is 0 Å². The average molecular weight is 707 g/mol. The molecule has 1 aliphatic heterocycles. The molecule has 3 aliphatic carbocycles. The molecular weight excluding hydrogens is 669 g/mol. The fourth-order valence-corrected chi connectivity index (χ4v) is 11.4. The van der Waals surface area contributed by atoms with Gasteiger partial charge in [0, 0.05) is 53.4 Å². The number of nitrogens with two attached hydrogens (primary N) is 1.